The highest BCUT2D eigenvalue weighted by molar-refractivity contribution is 5.77. The number of fused-ring (bicyclic) bond motifs is 1. The van der Waals surface area contributed by atoms with Gasteiger partial charge < -0.3 is 9.67 Å². The summed E-state index contributed by atoms with van der Waals surface area (Å²) in [6.45, 7) is 1.61. The van der Waals surface area contributed by atoms with Crippen molar-refractivity contribution in [2.75, 3.05) is 0 Å². The summed E-state index contributed by atoms with van der Waals surface area (Å²) >= 11 is 0. The maximum Gasteiger partial charge on any atom is 0.313 e. The summed E-state index contributed by atoms with van der Waals surface area (Å²) in [5.41, 5.74) is 1.43. The lowest BCUT2D eigenvalue weighted by molar-refractivity contribution is -0.138. The molecule has 5 nitrogen and oxygen atoms in total. The quantitative estimate of drug-likeness (QED) is 0.798. The highest BCUT2D eigenvalue weighted by Gasteiger charge is 2.20. The SMILES string of the molecule is CC(C(=O)O)c1nc2ncccc2n1C. The van der Waals surface area contributed by atoms with Crippen LogP contribution in [0.1, 0.15) is 18.7 Å². The van der Waals surface area contributed by atoms with Gasteiger partial charge in [-0.25, -0.2) is 9.97 Å². The molecule has 2 rings (SSSR count). The second kappa shape index (κ2) is 3.34. The van der Waals surface area contributed by atoms with Crippen LogP contribution in [0.4, 0.5) is 0 Å². The molecule has 78 valence electrons. The number of carboxylic acids is 1. The van der Waals surface area contributed by atoms with E-state index < -0.39 is 11.9 Å². The average molecular weight is 205 g/mol. The number of nitrogens with zero attached hydrogens (tertiary/aromatic N) is 3. The fourth-order valence-corrected chi connectivity index (χ4v) is 1.54. The van der Waals surface area contributed by atoms with Crippen molar-refractivity contribution in [2.45, 2.75) is 12.8 Å². The van der Waals surface area contributed by atoms with Crippen LogP contribution < -0.4 is 0 Å². The van der Waals surface area contributed by atoms with Gasteiger partial charge in [0, 0.05) is 13.2 Å². The van der Waals surface area contributed by atoms with Gasteiger partial charge in [-0.1, -0.05) is 0 Å². The fraction of sp³-hybridized carbons (Fsp3) is 0.300. The zero-order valence-corrected chi connectivity index (χ0v) is 8.51. The molecule has 2 heterocycles. The number of aliphatic carboxylic acids is 1. The highest BCUT2D eigenvalue weighted by Crippen LogP contribution is 2.19. The van der Waals surface area contributed by atoms with E-state index in [0.717, 1.165) is 5.52 Å². The number of hydrogen-bond donors (Lipinski definition) is 1. The molecule has 0 aliphatic rings. The van der Waals surface area contributed by atoms with Gasteiger partial charge in [-0.2, -0.15) is 0 Å². The Kier molecular flexibility index (Phi) is 2.15. The first-order valence-electron chi connectivity index (χ1n) is 4.61. The van der Waals surface area contributed by atoms with Crippen molar-refractivity contribution in [3.8, 4) is 0 Å². The van der Waals surface area contributed by atoms with E-state index in [9.17, 15) is 4.79 Å². The molecule has 0 amide bonds. The predicted octanol–water partition coefficient (Wildman–Crippen LogP) is 1.16. The van der Waals surface area contributed by atoms with Gasteiger partial charge in [-0.15, -0.1) is 0 Å². The van der Waals surface area contributed by atoms with Crippen LogP contribution in [0.3, 0.4) is 0 Å². The van der Waals surface area contributed by atoms with Gasteiger partial charge in [0.15, 0.2) is 5.65 Å². The minimum Gasteiger partial charge on any atom is -0.481 e. The van der Waals surface area contributed by atoms with Gasteiger partial charge >= 0.3 is 5.97 Å². The van der Waals surface area contributed by atoms with Gasteiger partial charge in [-0.05, 0) is 19.1 Å². The topological polar surface area (TPSA) is 68.0 Å². The number of rotatable bonds is 2. The van der Waals surface area contributed by atoms with Gasteiger partial charge in [0.2, 0.25) is 0 Å². The minimum absolute atomic E-state index is 0.524. The molecule has 0 saturated heterocycles. The first kappa shape index (κ1) is 9.64. The molecule has 0 radical (unpaired) electrons. The average Bonchev–Trinajstić information content (AvgIpc) is 2.56. The number of carboxylic acid groups (broad SMARTS) is 1. The molecule has 2 aromatic heterocycles. The van der Waals surface area contributed by atoms with Crippen molar-refractivity contribution in [1.82, 2.24) is 14.5 Å². The Morgan fingerprint density at radius 1 is 1.60 bits per heavy atom. The zero-order valence-electron chi connectivity index (χ0n) is 8.51. The third kappa shape index (κ3) is 1.45. The zero-order chi connectivity index (χ0) is 11.0. The molecule has 5 heteroatoms. The predicted molar refractivity (Wildman–Crippen MR) is 54.6 cm³/mol. The molecule has 0 bridgehead atoms. The lowest BCUT2D eigenvalue weighted by atomic mass is 10.2. The Morgan fingerprint density at radius 3 is 2.93 bits per heavy atom. The molecule has 15 heavy (non-hydrogen) atoms. The molecule has 1 atom stereocenters. The van der Waals surface area contributed by atoms with Crippen LogP contribution in [-0.2, 0) is 11.8 Å². The molecule has 0 aromatic carbocycles. The van der Waals surface area contributed by atoms with Crippen molar-refractivity contribution in [2.24, 2.45) is 7.05 Å². The molecule has 0 saturated carbocycles. The third-order valence-corrected chi connectivity index (χ3v) is 2.45. The smallest absolute Gasteiger partial charge is 0.313 e. The number of carbonyl (C=O) groups is 1. The summed E-state index contributed by atoms with van der Waals surface area (Å²) in [5.74, 6) is -0.978. The van der Waals surface area contributed by atoms with Gasteiger partial charge in [0.05, 0.1) is 5.52 Å². The van der Waals surface area contributed by atoms with Crippen LogP contribution >= 0.6 is 0 Å². The summed E-state index contributed by atoms with van der Waals surface area (Å²) in [6, 6.07) is 3.67. The Labute approximate surface area is 86.4 Å². The fourth-order valence-electron chi connectivity index (χ4n) is 1.54. The molecule has 0 spiro atoms. The molecule has 1 N–H and O–H groups in total. The van der Waals surface area contributed by atoms with E-state index in [1.54, 1.807) is 30.8 Å². The molecular weight excluding hydrogens is 194 g/mol. The summed E-state index contributed by atoms with van der Waals surface area (Å²) in [6.07, 6.45) is 1.64. The van der Waals surface area contributed by atoms with Crippen molar-refractivity contribution >= 4 is 17.1 Å². The monoisotopic (exact) mass is 205 g/mol. The number of aryl methyl sites for hydroxylation is 1. The molecule has 0 fully saturated rings. The molecule has 2 aromatic rings. The van der Waals surface area contributed by atoms with E-state index in [1.165, 1.54) is 0 Å². The van der Waals surface area contributed by atoms with Gasteiger partial charge in [0.1, 0.15) is 11.7 Å². The summed E-state index contributed by atoms with van der Waals surface area (Å²) < 4.78 is 1.76. The second-order valence-electron chi connectivity index (χ2n) is 3.44. The maximum absolute atomic E-state index is 10.9. The normalized spacial score (nSPS) is 12.9. The van der Waals surface area contributed by atoms with E-state index in [2.05, 4.69) is 9.97 Å². The molecule has 0 aliphatic heterocycles. The summed E-state index contributed by atoms with van der Waals surface area (Å²) in [5, 5.41) is 8.91. The highest BCUT2D eigenvalue weighted by atomic mass is 16.4. The van der Waals surface area contributed by atoms with Crippen molar-refractivity contribution in [1.29, 1.82) is 0 Å². The van der Waals surface area contributed by atoms with Crippen molar-refractivity contribution < 1.29 is 9.90 Å². The standard InChI is InChI=1S/C10H11N3O2/c1-6(10(14)15)9-12-8-7(13(9)2)4-3-5-11-8/h3-6H,1-2H3,(H,14,15). The van der Waals surface area contributed by atoms with Crippen LogP contribution in [0, 0.1) is 0 Å². The van der Waals surface area contributed by atoms with Crippen LogP contribution in [0.5, 0.6) is 0 Å². The minimum atomic E-state index is -0.881. The van der Waals surface area contributed by atoms with E-state index >= 15 is 0 Å². The maximum atomic E-state index is 10.9. The van der Waals surface area contributed by atoms with Crippen LogP contribution in [0.25, 0.3) is 11.2 Å². The Morgan fingerprint density at radius 2 is 2.33 bits per heavy atom. The summed E-state index contributed by atoms with van der Waals surface area (Å²) in [4.78, 5) is 19.1. The van der Waals surface area contributed by atoms with Gasteiger partial charge in [0.25, 0.3) is 0 Å². The van der Waals surface area contributed by atoms with Crippen LogP contribution in [0.2, 0.25) is 0 Å². The van der Waals surface area contributed by atoms with Crippen LogP contribution in [0.15, 0.2) is 18.3 Å². The van der Waals surface area contributed by atoms with E-state index in [4.69, 9.17) is 5.11 Å². The Balaban J connectivity index is 2.63. The van der Waals surface area contributed by atoms with E-state index in [0.29, 0.717) is 11.5 Å². The number of imidazole rings is 1. The first-order valence-corrected chi connectivity index (χ1v) is 4.61. The lowest BCUT2D eigenvalue weighted by Gasteiger charge is -2.05. The van der Waals surface area contributed by atoms with Crippen molar-refractivity contribution in [3.63, 3.8) is 0 Å². The van der Waals surface area contributed by atoms with E-state index in [-0.39, 0.29) is 0 Å². The second-order valence-corrected chi connectivity index (χ2v) is 3.44. The molecular formula is C10H11N3O2. The van der Waals surface area contributed by atoms with Gasteiger partial charge in [-0.3, -0.25) is 4.79 Å². The van der Waals surface area contributed by atoms with E-state index in [1.807, 2.05) is 6.07 Å². The molecule has 1 unspecified atom stereocenters. The number of pyridine rings is 1. The lowest BCUT2D eigenvalue weighted by Crippen LogP contribution is -2.12. The first-order chi connectivity index (χ1) is 7.11. The molecule has 0 aliphatic carbocycles. The van der Waals surface area contributed by atoms with Crippen LogP contribution in [-0.4, -0.2) is 25.6 Å². The number of aromatic nitrogens is 3. The Bertz CT molecular complexity index is 518. The Hall–Kier alpha value is -1.91. The summed E-state index contributed by atoms with van der Waals surface area (Å²) in [7, 11) is 1.80. The number of hydrogen-bond acceptors (Lipinski definition) is 3. The van der Waals surface area contributed by atoms with Crippen molar-refractivity contribution in [3.05, 3.63) is 24.2 Å². The third-order valence-electron chi connectivity index (χ3n) is 2.45. The largest absolute Gasteiger partial charge is 0.481 e.